The van der Waals surface area contributed by atoms with E-state index in [1.165, 1.54) is 36.0 Å². The Labute approximate surface area is 164 Å². The van der Waals surface area contributed by atoms with Gasteiger partial charge in [0, 0.05) is 49.8 Å². The second-order valence-corrected chi connectivity index (χ2v) is 6.93. The van der Waals surface area contributed by atoms with Crippen LogP contribution in [-0.2, 0) is 0 Å². The van der Waals surface area contributed by atoms with Crippen LogP contribution >= 0.6 is 0 Å². The lowest BCUT2D eigenvalue weighted by molar-refractivity contribution is 0.625. The zero-order valence-corrected chi connectivity index (χ0v) is 16.9. The lowest BCUT2D eigenvalue weighted by Gasteiger charge is -2.25. The molecule has 5 nitrogen and oxygen atoms in total. The average Bonchev–Trinajstić information content (AvgIpc) is 2.69. The predicted molar refractivity (Wildman–Crippen MR) is 117 cm³/mol. The van der Waals surface area contributed by atoms with Gasteiger partial charge in [0.15, 0.2) is 0 Å². The van der Waals surface area contributed by atoms with E-state index in [-0.39, 0.29) is 0 Å². The predicted octanol–water partition coefficient (Wildman–Crippen LogP) is 3.33. The van der Waals surface area contributed by atoms with Crippen molar-refractivity contribution in [2.45, 2.75) is 39.5 Å². The quantitative estimate of drug-likeness (QED) is 0.318. The standard InChI is InChI=1S/C22H35N5/c1-4-27(22-12-8-5-9-18(22)2)16-15-24-13-14-25-19(3)20-10-6-7-11-21(20)26-17-23/h5,8-9,12,17,24-25H,3-4,6-7,10-11,13-16H2,1-2H3,(H2,23,26). The van der Waals surface area contributed by atoms with E-state index < -0.39 is 0 Å². The van der Waals surface area contributed by atoms with Crippen molar-refractivity contribution in [2.24, 2.45) is 10.7 Å². The SMILES string of the molecule is C=C(NCCNCCN(CC)c1ccccc1C)C1=C(N=CN)CCCC1. The third-order valence-electron chi connectivity index (χ3n) is 5.07. The summed E-state index contributed by atoms with van der Waals surface area (Å²) in [6.45, 7) is 13.3. The number of nitrogens with two attached hydrogens (primary N) is 1. The number of hydrogen-bond acceptors (Lipinski definition) is 4. The van der Waals surface area contributed by atoms with Crippen molar-refractivity contribution in [2.75, 3.05) is 37.6 Å². The van der Waals surface area contributed by atoms with Gasteiger partial charge in [-0.1, -0.05) is 24.8 Å². The zero-order valence-electron chi connectivity index (χ0n) is 16.9. The van der Waals surface area contributed by atoms with Gasteiger partial charge < -0.3 is 21.3 Å². The summed E-state index contributed by atoms with van der Waals surface area (Å²) in [4.78, 5) is 6.73. The number of likely N-dealkylation sites (N-methyl/N-ethyl adjacent to an activating group) is 1. The van der Waals surface area contributed by atoms with Gasteiger partial charge in [0.05, 0.1) is 6.34 Å². The normalized spacial score (nSPS) is 14.6. The van der Waals surface area contributed by atoms with E-state index in [1.807, 2.05) is 0 Å². The molecule has 0 bridgehead atoms. The van der Waals surface area contributed by atoms with Crippen LogP contribution in [0.5, 0.6) is 0 Å². The molecule has 1 aliphatic carbocycles. The van der Waals surface area contributed by atoms with Crippen LogP contribution in [0.2, 0.25) is 0 Å². The van der Waals surface area contributed by atoms with E-state index in [0.29, 0.717) is 0 Å². The Kier molecular flexibility index (Phi) is 8.92. The molecule has 1 aromatic carbocycles. The number of anilines is 1. The number of nitrogens with one attached hydrogen (secondary N) is 2. The minimum Gasteiger partial charge on any atom is -0.390 e. The highest BCUT2D eigenvalue weighted by Gasteiger charge is 2.14. The molecule has 1 aliphatic rings. The van der Waals surface area contributed by atoms with Crippen LogP contribution < -0.4 is 21.3 Å². The van der Waals surface area contributed by atoms with Crippen LogP contribution in [0.25, 0.3) is 0 Å². The van der Waals surface area contributed by atoms with E-state index in [4.69, 9.17) is 5.73 Å². The first-order valence-corrected chi connectivity index (χ1v) is 10.1. The number of allylic oxidation sites excluding steroid dienone is 2. The zero-order chi connectivity index (χ0) is 19.5. The van der Waals surface area contributed by atoms with Gasteiger partial charge in [0.2, 0.25) is 0 Å². The maximum atomic E-state index is 5.47. The first-order chi connectivity index (χ1) is 13.2. The number of rotatable bonds is 11. The summed E-state index contributed by atoms with van der Waals surface area (Å²) in [5.74, 6) is 0. The average molecular weight is 370 g/mol. The molecule has 0 amide bonds. The monoisotopic (exact) mass is 369 g/mol. The van der Waals surface area contributed by atoms with Crippen LogP contribution in [-0.4, -0.2) is 39.1 Å². The third kappa shape index (κ3) is 6.43. The molecule has 0 radical (unpaired) electrons. The Morgan fingerprint density at radius 2 is 2.00 bits per heavy atom. The number of para-hydroxylation sites is 1. The number of nitrogens with zero attached hydrogens (tertiary/aromatic N) is 2. The van der Waals surface area contributed by atoms with Gasteiger partial charge in [-0.15, -0.1) is 0 Å². The fourth-order valence-corrected chi connectivity index (χ4v) is 3.56. The van der Waals surface area contributed by atoms with E-state index in [1.54, 1.807) is 0 Å². The van der Waals surface area contributed by atoms with Crippen LogP contribution in [0, 0.1) is 6.92 Å². The molecule has 1 aromatic rings. The fourth-order valence-electron chi connectivity index (χ4n) is 3.56. The van der Waals surface area contributed by atoms with Gasteiger partial charge in [0.1, 0.15) is 0 Å². The first kappa shape index (κ1) is 21.0. The van der Waals surface area contributed by atoms with Crippen LogP contribution in [0.15, 0.2) is 52.8 Å². The molecule has 0 heterocycles. The lowest BCUT2D eigenvalue weighted by Crippen LogP contribution is -2.35. The Morgan fingerprint density at radius 3 is 2.74 bits per heavy atom. The van der Waals surface area contributed by atoms with Crippen LogP contribution in [0.3, 0.4) is 0 Å². The molecule has 5 heteroatoms. The molecular weight excluding hydrogens is 334 g/mol. The molecule has 0 saturated heterocycles. The van der Waals surface area contributed by atoms with Gasteiger partial charge in [-0.25, -0.2) is 4.99 Å². The first-order valence-electron chi connectivity index (χ1n) is 10.1. The summed E-state index contributed by atoms with van der Waals surface area (Å²) in [6.07, 6.45) is 5.80. The minimum atomic E-state index is 0.860. The Bertz CT molecular complexity index is 662. The largest absolute Gasteiger partial charge is 0.390 e. The van der Waals surface area contributed by atoms with Gasteiger partial charge in [0.25, 0.3) is 0 Å². The summed E-state index contributed by atoms with van der Waals surface area (Å²) in [5.41, 5.74) is 11.4. The lowest BCUT2D eigenvalue weighted by atomic mass is 9.94. The van der Waals surface area contributed by atoms with Crippen molar-refractivity contribution in [3.63, 3.8) is 0 Å². The van der Waals surface area contributed by atoms with E-state index in [2.05, 4.69) is 65.2 Å². The molecule has 0 aromatic heterocycles. The van der Waals surface area contributed by atoms with Gasteiger partial charge in [-0.3, -0.25) is 0 Å². The molecule has 0 fully saturated rings. The van der Waals surface area contributed by atoms with Gasteiger partial charge in [-0.2, -0.15) is 0 Å². The molecule has 0 atom stereocenters. The van der Waals surface area contributed by atoms with Crippen LogP contribution in [0.1, 0.15) is 38.2 Å². The van der Waals surface area contributed by atoms with Crippen molar-refractivity contribution in [3.8, 4) is 0 Å². The second kappa shape index (κ2) is 11.4. The summed E-state index contributed by atoms with van der Waals surface area (Å²) < 4.78 is 0. The number of aliphatic imine (C=N–C) groups is 1. The summed E-state index contributed by atoms with van der Waals surface area (Å²) in [7, 11) is 0. The second-order valence-electron chi connectivity index (χ2n) is 6.93. The van der Waals surface area contributed by atoms with Gasteiger partial charge >= 0.3 is 0 Å². The maximum Gasteiger partial charge on any atom is 0.0856 e. The van der Waals surface area contributed by atoms with Crippen molar-refractivity contribution in [1.29, 1.82) is 0 Å². The van der Waals surface area contributed by atoms with E-state index >= 15 is 0 Å². The van der Waals surface area contributed by atoms with E-state index in [9.17, 15) is 0 Å². The highest BCUT2D eigenvalue weighted by molar-refractivity contribution is 5.54. The van der Waals surface area contributed by atoms with Gasteiger partial charge in [-0.05, 0) is 56.7 Å². The molecule has 0 aliphatic heterocycles. The fraction of sp³-hybridized carbons (Fsp3) is 0.500. The maximum absolute atomic E-state index is 5.47. The molecule has 0 saturated carbocycles. The van der Waals surface area contributed by atoms with Crippen molar-refractivity contribution in [3.05, 3.63) is 53.4 Å². The molecular formula is C22H35N5. The Hall–Kier alpha value is -2.27. The van der Waals surface area contributed by atoms with Crippen LogP contribution in [0.4, 0.5) is 5.69 Å². The highest BCUT2D eigenvalue weighted by atomic mass is 15.1. The van der Waals surface area contributed by atoms with Crippen molar-refractivity contribution < 1.29 is 0 Å². The topological polar surface area (TPSA) is 65.7 Å². The smallest absolute Gasteiger partial charge is 0.0856 e. The number of benzene rings is 1. The molecule has 2 rings (SSSR count). The molecule has 0 unspecified atom stereocenters. The van der Waals surface area contributed by atoms with Crippen molar-refractivity contribution in [1.82, 2.24) is 10.6 Å². The minimum absolute atomic E-state index is 0.860. The third-order valence-corrected chi connectivity index (χ3v) is 5.07. The molecule has 0 spiro atoms. The number of aryl methyl sites for hydroxylation is 1. The summed E-state index contributed by atoms with van der Waals surface area (Å²) >= 11 is 0. The van der Waals surface area contributed by atoms with Crippen molar-refractivity contribution >= 4 is 12.0 Å². The molecule has 27 heavy (non-hydrogen) atoms. The molecule has 148 valence electrons. The highest BCUT2D eigenvalue weighted by Crippen LogP contribution is 2.28. The summed E-state index contributed by atoms with van der Waals surface area (Å²) in [6, 6.07) is 8.57. The Balaban J connectivity index is 1.71. The number of hydrogen-bond donors (Lipinski definition) is 3. The van der Waals surface area contributed by atoms with E-state index in [0.717, 1.165) is 57.0 Å². The summed E-state index contributed by atoms with van der Waals surface area (Å²) in [5, 5.41) is 6.96. The molecule has 4 N–H and O–H groups in total. The Morgan fingerprint density at radius 1 is 1.22 bits per heavy atom.